The molecule has 174 valence electrons. The number of halogens is 3. The second-order valence-electron chi connectivity index (χ2n) is 7.73. The Morgan fingerprint density at radius 1 is 1.06 bits per heavy atom. The van der Waals surface area contributed by atoms with Gasteiger partial charge in [0.25, 0.3) is 0 Å². The third kappa shape index (κ3) is 5.37. The number of nitrogens with zero attached hydrogens (tertiary/aromatic N) is 1. The van der Waals surface area contributed by atoms with Crippen LogP contribution in [0.4, 0.5) is 0 Å². The zero-order valence-electron chi connectivity index (χ0n) is 18.1. The first-order valence-electron chi connectivity index (χ1n) is 10.6. The van der Waals surface area contributed by atoms with Crippen LogP contribution in [0.25, 0.3) is 21.7 Å². The van der Waals surface area contributed by atoms with Crippen LogP contribution in [-0.2, 0) is 6.61 Å². The van der Waals surface area contributed by atoms with Gasteiger partial charge in [0, 0.05) is 20.4 Å². The molecule has 1 heterocycles. The van der Waals surface area contributed by atoms with Crippen molar-refractivity contribution in [3.63, 3.8) is 0 Å². The number of nitrogens with one attached hydrogen (secondary N) is 1. The van der Waals surface area contributed by atoms with Gasteiger partial charge < -0.3 is 9.15 Å². The molecule has 0 aliphatic rings. The standard InChI is InChI=1S/C27H17BrClIN2O3/c28-19-11-18-12-25(35-26(18)23(30)13-19)27(33)32-31-14-22-21-4-2-1-3-17(21)7-10-24(22)34-15-16-5-8-20(29)9-6-16/h1-14H,15H2,(H,32,33)/b31-14-. The number of rotatable bonds is 6. The van der Waals surface area contributed by atoms with Crippen molar-refractivity contribution in [2.45, 2.75) is 6.61 Å². The van der Waals surface area contributed by atoms with E-state index >= 15 is 0 Å². The highest BCUT2D eigenvalue weighted by Crippen LogP contribution is 2.29. The summed E-state index contributed by atoms with van der Waals surface area (Å²) in [5.74, 6) is 0.401. The fraction of sp³-hybridized carbons (Fsp3) is 0.0370. The first-order chi connectivity index (χ1) is 17.0. The Kier molecular flexibility index (Phi) is 7.08. The summed E-state index contributed by atoms with van der Waals surface area (Å²) in [6.45, 7) is 0.371. The molecule has 0 saturated carbocycles. The normalized spacial score (nSPS) is 11.4. The number of fused-ring (bicyclic) bond motifs is 2. The zero-order chi connectivity index (χ0) is 24.4. The molecule has 5 aromatic rings. The van der Waals surface area contributed by atoms with Crippen molar-refractivity contribution in [3.05, 3.63) is 109 Å². The number of hydrogen-bond donors (Lipinski definition) is 1. The van der Waals surface area contributed by atoms with Gasteiger partial charge in [-0.15, -0.1) is 0 Å². The quantitative estimate of drug-likeness (QED) is 0.114. The van der Waals surface area contributed by atoms with Crippen molar-refractivity contribution < 1.29 is 13.9 Å². The van der Waals surface area contributed by atoms with Gasteiger partial charge in [-0.1, -0.05) is 70.0 Å². The Morgan fingerprint density at radius 2 is 1.86 bits per heavy atom. The van der Waals surface area contributed by atoms with Gasteiger partial charge in [-0.05, 0) is 75.3 Å². The third-order valence-corrected chi connectivity index (χ3v) is 6.87. The van der Waals surface area contributed by atoms with Crippen molar-refractivity contribution in [2.24, 2.45) is 5.10 Å². The predicted molar refractivity (Wildman–Crippen MR) is 151 cm³/mol. The lowest BCUT2D eigenvalue weighted by molar-refractivity contribution is 0.0929. The molecule has 0 atom stereocenters. The molecule has 0 unspecified atom stereocenters. The van der Waals surface area contributed by atoms with Gasteiger partial charge in [-0.2, -0.15) is 5.10 Å². The summed E-state index contributed by atoms with van der Waals surface area (Å²) in [5.41, 5.74) is 4.98. The van der Waals surface area contributed by atoms with Crippen molar-refractivity contribution in [3.8, 4) is 5.75 Å². The van der Waals surface area contributed by atoms with E-state index in [1.165, 1.54) is 0 Å². The molecule has 0 spiro atoms. The van der Waals surface area contributed by atoms with Crippen molar-refractivity contribution in [2.75, 3.05) is 0 Å². The highest BCUT2D eigenvalue weighted by molar-refractivity contribution is 14.1. The van der Waals surface area contributed by atoms with E-state index in [1.807, 2.05) is 72.8 Å². The molecule has 0 fully saturated rings. The second-order valence-corrected chi connectivity index (χ2v) is 10.2. The van der Waals surface area contributed by atoms with E-state index in [0.717, 1.165) is 35.3 Å². The first kappa shape index (κ1) is 23.8. The van der Waals surface area contributed by atoms with Crippen LogP contribution in [0.1, 0.15) is 21.7 Å². The molecule has 8 heteroatoms. The molecular weight excluding hydrogens is 643 g/mol. The number of carbonyl (C=O) groups is 1. The van der Waals surface area contributed by atoms with Crippen LogP contribution < -0.4 is 10.2 Å². The molecular formula is C27H17BrClIN2O3. The minimum absolute atomic E-state index is 0.185. The van der Waals surface area contributed by atoms with Crippen LogP contribution in [0.3, 0.4) is 0 Å². The van der Waals surface area contributed by atoms with Crippen molar-refractivity contribution in [1.82, 2.24) is 5.43 Å². The lowest BCUT2D eigenvalue weighted by Gasteiger charge is -2.12. The average molecular weight is 660 g/mol. The lowest BCUT2D eigenvalue weighted by Crippen LogP contribution is -2.16. The Balaban J connectivity index is 1.39. The molecule has 0 aliphatic heterocycles. The SMILES string of the molecule is O=C(N/N=C\c1c(OCc2ccc(Cl)cc2)ccc2ccccc12)c1cc2cc(Br)cc(I)c2o1. The van der Waals surface area contributed by atoms with E-state index in [0.29, 0.717) is 23.0 Å². The second kappa shape index (κ2) is 10.4. The monoisotopic (exact) mass is 658 g/mol. The van der Waals surface area contributed by atoms with Gasteiger partial charge in [0.1, 0.15) is 17.9 Å². The van der Waals surface area contributed by atoms with Gasteiger partial charge in [0.2, 0.25) is 0 Å². The predicted octanol–water partition coefficient (Wildman–Crippen LogP) is 7.95. The minimum atomic E-state index is -0.437. The highest BCUT2D eigenvalue weighted by Gasteiger charge is 2.14. The molecule has 0 bridgehead atoms. The number of hydrogen-bond acceptors (Lipinski definition) is 4. The van der Waals surface area contributed by atoms with Crippen LogP contribution in [-0.4, -0.2) is 12.1 Å². The fourth-order valence-corrected chi connectivity index (χ4v) is 5.46. The topological polar surface area (TPSA) is 63.8 Å². The maximum Gasteiger partial charge on any atom is 0.307 e. The smallest absolute Gasteiger partial charge is 0.307 e. The summed E-state index contributed by atoms with van der Waals surface area (Å²) in [6, 6.07) is 24.9. The van der Waals surface area contributed by atoms with E-state index in [4.69, 9.17) is 20.8 Å². The van der Waals surface area contributed by atoms with Crippen molar-refractivity contribution >= 4 is 84.0 Å². The molecule has 35 heavy (non-hydrogen) atoms. The van der Waals surface area contributed by atoms with Crippen LogP contribution in [0.2, 0.25) is 5.02 Å². The molecule has 4 aromatic carbocycles. The number of furan rings is 1. The average Bonchev–Trinajstić information content (AvgIpc) is 3.29. The van der Waals surface area contributed by atoms with Crippen LogP contribution in [0, 0.1) is 3.57 Å². The highest BCUT2D eigenvalue weighted by atomic mass is 127. The first-order valence-corrected chi connectivity index (χ1v) is 12.8. The Hall–Kier alpha value is -2.88. The maximum absolute atomic E-state index is 12.7. The molecule has 0 saturated heterocycles. The van der Waals surface area contributed by atoms with Crippen LogP contribution in [0.15, 0.2) is 92.9 Å². The number of hydrazone groups is 1. The summed E-state index contributed by atoms with van der Waals surface area (Å²) >= 11 is 11.6. The summed E-state index contributed by atoms with van der Waals surface area (Å²) < 4.78 is 13.7. The molecule has 1 aromatic heterocycles. The number of carbonyl (C=O) groups excluding carboxylic acids is 1. The van der Waals surface area contributed by atoms with Crippen LogP contribution >= 0.6 is 50.1 Å². The van der Waals surface area contributed by atoms with Gasteiger partial charge >= 0.3 is 5.91 Å². The Morgan fingerprint density at radius 3 is 2.69 bits per heavy atom. The summed E-state index contributed by atoms with van der Waals surface area (Å²) in [4.78, 5) is 12.7. The summed E-state index contributed by atoms with van der Waals surface area (Å²) in [5, 5.41) is 7.72. The van der Waals surface area contributed by atoms with Gasteiger partial charge in [0.05, 0.1) is 9.78 Å². The zero-order valence-corrected chi connectivity index (χ0v) is 22.6. The molecule has 5 rings (SSSR count). The van der Waals surface area contributed by atoms with E-state index in [1.54, 1.807) is 12.3 Å². The van der Waals surface area contributed by atoms with E-state index in [9.17, 15) is 4.79 Å². The van der Waals surface area contributed by atoms with Crippen molar-refractivity contribution in [1.29, 1.82) is 0 Å². The molecule has 0 aliphatic carbocycles. The molecule has 1 amide bonds. The number of ether oxygens (including phenoxy) is 1. The minimum Gasteiger partial charge on any atom is -0.488 e. The van der Waals surface area contributed by atoms with Crippen LogP contribution in [0.5, 0.6) is 5.75 Å². The lowest BCUT2D eigenvalue weighted by atomic mass is 10.0. The largest absolute Gasteiger partial charge is 0.488 e. The summed E-state index contributed by atoms with van der Waals surface area (Å²) in [7, 11) is 0. The molecule has 1 N–H and O–H groups in total. The van der Waals surface area contributed by atoms with E-state index in [-0.39, 0.29) is 5.76 Å². The number of amides is 1. The van der Waals surface area contributed by atoms with Gasteiger partial charge in [0.15, 0.2) is 5.76 Å². The van der Waals surface area contributed by atoms with E-state index < -0.39 is 5.91 Å². The fourth-order valence-electron chi connectivity index (χ4n) is 3.67. The van der Waals surface area contributed by atoms with E-state index in [2.05, 4.69) is 49.0 Å². The third-order valence-electron chi connectivity index (χ3n) is 5.36. The van der Waals surface area contributed by atoms with Gasteiger partial charge in [-0.3, -0.25) is 4.79 Å². The van der Waals surface area contributed by atoms with Gasteiger partial charge in [-0.25, -0.2) is 5.43 Å². The maximum atomic E-state index is 12.7. The Bertz CT molecular complexity index is 1580. The molecule has 0 radical (unpaired) electrons. The Labute approximate surface area is 228 Å². The number of benzene rings is 4. The summed E-state index contributed by atoms with van der Waals surface area (Å²) in [6.07, 6.45) is 1.60. The molecule has 5 nitrogen and oxygen atoms in total.